The van der Waals surface area contributed by atoms with E-state index in [2.05, 4.69) is 19.4 Å². The van der Waals surface area contributed by atoms with Crippen LogP contribution in [0.4, 0.5) is 5.13 Å². The van der Waals surface area contributed by atoms with Crippen molar-refractivity contribution in [1.82, 2.24) is 14.5 Å². The van der Waals surface area contributed by atoms with Crippen molar-refractivity contribution in [3.8, 4) is 0 Å². The summed E-state index contributed by atoms with van der Waals surface area (Å²) >= 11 is 1.68. The Morgan fingerprint density at radius 3 is 3.11 bits per heavy atom. The molecular formula is C13H14N4OS. The number of carbonyl (C=O) groups is 1. The summed E-state index contributed by atoms with van der Waals surface area (Å²) in [7, 11) is 0. The molecule has 0 amide bonds. The fourth-order valence-electron chi connectivity index (χ4n) is 2.73. The highest BCUT2D eigenvalue weighted by atomic mass is 32.1. The van der Waals surface area contributed by atoms with E-state index in [4.69, 9.17) is 0 Å². The minimum atomic E-state index is 0.210. The van der Waals surface area contributed by atoms with Crippen LogP contribution in [0.1, 0.15) is 34.0 Å². The van der Waals surface area contributed by atoms with Gasteiger partial charge >= 0.3 is 0 Å². The first-order valence-electron chi connectivity index (χ1n) is 6.59. The zero-order valence-corrected chi connectivity index (χ0v) is 11.3. The number of nitrogens with zero attached hydrogens (tertiary/aromatic N) is 4. The number of anilines is 1. The van der Waals surface area contributed by atoms with Gasteiger partial charge in [0.25, 0.3) is 0 Å². The maximum absolute atomic E-state index is 11.8. The molecule has 0 unspecified atom stereocenters. The van der Waals surface area contributed by atoms with Crippen molar-refractivity contribution in [2.75, 3.05) is 11.4 Å². The largest absolute Gasteiger partial charge is 0.339 e. The van der Waals surface area contributed by atoms with Gasteiger partial charge in [-0.25, -0.2) is 9.97 Å². The van der Waals surface area contributed by atoms with Gasteiger partial charge in [-0.1, -0.05) is 0 Å². The summed E-state index contributed by atoms with van der Waals surface area (Å²) in [4.78, 5) is 24.2. The summed E-state index contributed by atoms with van der Waals surface area (Å²) in [5.41, 5.74) is 0.722. The number of hydrogen-bond acceptors (Lipinski definition) is 5. The Kier molecular flexibility index (Phi) is 2.44. The first-order chi connectivity index (χ1) is 9.31. The highest BCUT2D eigenvalue weighted by Gasteiger charge is 2.26. The van der Waals surface area contributed by atoms with E-state index in [0.717, 1.165) is 49.1 Å². The molecule has 0 aromatic carbocycles. The molecule has 4 rings (SSSR count). The summed E-state index contributed by atoms with van der Waals surface area (Å²) in [5, 5.41) is 0.981. The lowest BCUT2D eigenvalue weighted by Crippen LogP contribution is -2.33. The van der Waals surface area contributed by atoms with Gasteiger partial charge in [-0.15, -0.1) is 11.3 Å². The van der Waals surface area contributed by atoms with Crippen LogP contribution in [-0.2, 0) is 19.5 Å². The fraction of sp³-hybridized carbons (Fsp3) is 0.462. The van der Waals surface area contributed by atoms with Gasteiger partial charge in [-0.05, 0) is 12.8 Å². The van der Waals surface area contributed by atoms with Gasteiger partial charge < -0.3 is 9.47 Å². The summed E-state index contributed by atoms with van der Waals surface area (Å²) in [6, 6.07) is 0. The molecule has 6 heteroatoms. The SMILES string of the molecule is O=C1CCCc2sc(N3CCn4ccnc4C3)nc21. The van der Waals surface area contributed by atoms with Gasteiger partial charge in [0.05, 0.1) is 6.54 Å². The van der Waals surface area contributed by atoms with E-state index in [1.54, 1.807) is 11.3 Å². The van der Waals surface area contributed by atoms with Gasteiger partial charge in [-0.3, -0.25) is 4.79 Å². The van der Waals surface area contributed by atoms with Crippen molar-refractivity contribution >= 4 is 22.3 Å². The minimum absolute atomic E-state index is 0.210. The van der Waals surface area contributed by atoms with E-state index < -0.39 is 0 Å². The zero-order valence-electron chi connectivity index (χ0n) is 10.5. The topological polar surface area (TPSA) is 51.0 Å². The summed E-state index contributed by atoms with van der Waals surface area (Å²) < 4.78 is 2.18. The molecular weight excluding hydrogens is 260 g/mol. The standard InChI is InChI=1S/C13H14N4OS/c18-9-2-1-3-10-12(9)15-13(19-10)17-7-6-16-5-4-14-11(16)8-17/h4-5H,1-3,6-8H2. The Labute approximate surface area is 114 Å². The summed E-state index contributed by atoms with van der Waals surface area (Å²) in [6.45, 7) is 2.66. The monoisotopic (exact) mass is 274 g/mol. The van der Waals surface area contributed by atoms with Crippen molar-refractivity contribution in [3.63, 3.8) is 0 Å². The lowest BCUT2D eigenvalue weighted by atomic mass is 10.0. The smallest absolute Gasteiger partial charge is 0.186 e. The quantitative estimate of drug-likeness (QED) is 0.796. The Balaban J connectivity index is 1.65. The van der Waals surface area contributed by atoms with Crippen molar-refractivity contribution in [1.29, 1.82) is 0 Å². The lowest BCUT2D eigenvalue weighted by molar-refractivity contribution is 0.0968. The maximum atomic E-state index is 11.8. The number of carbonyl (C=O) groups excluding carboxylic acids is 1. The third kappa shape index (κ3) is 1.78. The molecule has 1 aliphatic carbocycles. The minimum Gasteiger partial charge on any atom is -0.339 e. The first kappa shape index (κ1) is 11.2. The molecule has 19 heavy (non-hydrogen) atoms. The van der Waals surface area contributed by atoms with Gasteiger partial charge in [0.15, 0.2) is 10.9 Å². The van der Waals surface area contributed by atoms with E-state index >= 15 is 0 Å². The third-order valence-electron chi connectivity index (χ3n) is 3.77. The second-order valence-corrected chi connectivity index (χ2v) is 6.07. The molecule has 98 valence electrons. The molecule has 0 spiro atoms. The molecule has 2 aromatic rings. The van der Waals surface area contributed by atoms with Crippen LogP contribution in [0.3, 0.4) is 0 Å². The second-order valence-electron chi connectivity index (χ2n) is 5.00. The molecule has 5 nitrogen and oxygen atoms in total. The van der Waals surface area contributed by atoms with E-state index in [-0.39, 0.29) is 5.78 Å². The molecule has 2 aromatic heterocycles. The molecule has 0 bridgehead atoms. The molecule has 0 saturated heterocycles. The summed E-state index contributed by atoms with van der Waals surface area (Å²) in [6.07, 6.45) is 6.48. The number of rotatable bonds is 1. The number of imidazole rings is 1. The number of hydrogen-bond donors (Lipinski definition) is 0. The molecule has 0 saturated carbocycles. The van der Waals surface area contributed by atoms with Gasteiger partial charge in [0.2, 0.25) is 0 Å². The number of Topliss-reactive ketones (excluding diaryl/α,β-unsaturated/α-hetero) is 1. The van der Waals surface area contributed by atoms with E-state index in [1.807, 2.05) is 12.4 Å². The number of ketones is 1. The van der Waals surface area contributed by atoms with E-state index in [9.17, 15) is 4.79 Å². The van der Waals surface area contributed by atoms with Crippen LogP contribution >= 0.6 is 11.3 Å². The van der Waals surface area contributed by atoms with Crippen molar-refractivity contribution in [2.24, 2.45) is 0 Å². The average Bonchev–Trinajstić information content (AvgIpc) is 3.04. The summed E-state index contributed by atoms with van der Waals surface area (Å²) in [5.74, 6) is 1.29. The van der Waals surface area contributed by atoms with Crippen molar-refractivity contribution in [2.45, 2.75) is 32.4 Å². The average molecular weight is 274 g/mol. The number of thiazole rings is 1. The predicted molar refractivity (Wildman–Crippen MR) is 72.7 cm³/mol. The van der Waals surface area contributed by atoms with Crippen LogP contribution in [0.25, 0.3) is 0 Å². The number of aromatic nitrogens is 3. The fourth-order valence-corrected chi connectivity index (χ4v) is 3.87. The Morgan fingerprint density at radius 1 is 1.26 bits per heavy atom. The maximum Gasteiger partial charge on any atom is 0.186 e. The van der Waals surface area contributed by atoms with Crippen LogP contribution in [0, 0.1) is 0 Å². The van der Waals surface area contributed by atoms with Gasteiger partial charge in [-0.2, -0.15) is 0 Å². The predicted octanol–water partition coefficient (Wildman–Crippen LogP) is 1.88. The molecule has 0 fully saturated rings. The van der Waals surface area contributed by atoms with Gasteiger partial charge in [0, 0.05) is 36.8 Å². The van der Waals surface area contributed by atoms with E-state index in [0.29, 0.717) is 6.42 Å². The van der Waals surface area contributed by atoms with Crippen LogP contribution < -0.4 is 4.90 Å². The third-order valence-corrected chi connectivity index (χ3v) is 4.95. The normalized spacial score (nSPS) is 18.3. The van der Waals surface area contributed by atoms with Crippen molar-refractivity contribution < 1.29 is 4.79 Å². The molecule has 2 aliphatic rings. The van der Waals surface area contributed by atoms with E-state index in [1.165, 1.54) is 4.88 Å². The second kappa shape index (κ2) is 4.16. The van der Waals surface area contributed by atoms with Crippen LogP contribution in [0.2, 0.25) is 0 Å². The van der Waals surface area contributed by atoms with Gasteiger partial charge in [0.1, 0.15) is 11.5 Å². The molecule has 3 heterocycles. The molecule has 0 atom stereocenters. The zero-order chi connectivity index (χ0) is 12.8. The van der Waals surface area contributed by atoms with Crippen LogP contribution in [0.5, 0.6) is 0 Å². The first-order valence-corrected chi connectivity index (χ1v) is 7.41. The number of aryl methyl sites for hydroxylation is 1. The Hall–Kier alpha value is -1.69. The van der Waals surface area contributed by atoms with Crippen LogP contribution in [-0.4, -0.2) is 26.9 Å². The number of fused-ring (bicyclic) bond motifs is 2. The Bertz CT molecular complexity index is 645. The van der Waals surface area contributed by atoms with Crippen LogP contribution in [0.15, 0.2) is 12.4 Å². The highest BCUT2D eigenvalue weighted by molar-refractivity contribution is 7.16. The lowest BCUT2D eigenvalue weighted by Gasteiger charge is -2.27. The Morgan fingerprint density at radius 2 is 2.21 bits per heavy atom. The molecule has 0 radical (unpaired) electrons. The molecule has 1 aliphatic heterocycles. The molecule has 0 N–H and O–H groups in total. The highest BCUT2D eigenvalue weighted by Crippen LogP contribution is 2.33. The van der Waals surface area contributed by atoms with Crippen molar-refractivity contribution in [3.05, 3.63) is 28.8 Å².